The Morgan fingerprint density at radius 2 is 1.79 bits per heavy atom. The van der Waals surface area contributed by atoms with Gasteiger partial charge in [-0.25, -0.2) is 4.79 Å². The number of nitrogens with zero attached hydrogens (tertiary/aromatic N) is 2. The van der Waals surface area contributed by atoms with Crippen molar-refractivity contribution < 1.29 is 14.7 Å². The molecule has 0 unspecified atom stereocenters. The first kappa shape index (κ1) is 20.8. The number of anilines is 1. The van der Waals surface area contributed by atoms with Gasteiger partial charge in [0.15, 0.2) is 0 Å². The van der Waals surface area contributed by atoms with Gasteiger partial charge in [0.05, 0.1) is 18.7 Å². The maximum Gasteiger partial charge on any atom is 0.318 e. The van der Waals surface area contributed by atoms with Crippen molar-refractivity contribution >= 4 is 17.6 Å². The summed E-state index contributed by atoms with van der Waals surface area (Å²) in [4.78, 5) is 28.6. The van der Waals surface area contributed by atoms with Crippen LogP contribution in [-0.4, -0.2) is 66.2 Å². The maximum atomic E-state index is 12.7. The third kappa shape index (κ3) is 6.04. The van der Waals surface area contributed by atoms with Crippen LogP contribution in [0.5, 0.6) is 0 Å². The monoisotopic (exact) mass is 396 g/mol. The number of amides is 3. The van der Waals surface area contributed by atoms with Gasteiger partial charge < -0.3 is 20.6 Å². The number of aliphatic hydroxyl groups is 1. The van der Waals surface area contributed by atoms with E-state index in [0.29, 0.717) is 18.8 Å². The highest BCUT2D eigenvalue weighted by Gasteiger charge is 2.28. The molecule has 1 aliphatic rings. The van der Waals surface area contributed by atoms with E-state index in [2.05, 4.69) is 15.5 Å². The van der Waals surface area contributed by atoms with Gasteiger partial charge in [0.25, 0.3) is 0 Å². The number of nitrogens with one attached hydrogen (secondary N) is 2. The summed E-state index contributed by atoms with van der Waals surface area (Å²) in [5, 5.41) is 15.3. The number of hydrogen-bond acceptors (Lipinski definition) is 4. The molecule has 154 valence electrons. The lowest BCUT2D eigenvalue weighted by molar-refractivity contribution is -0.115. The van der Waals surface area contributed by atoms with E-state index in [0.717, 1.165) is 18.5 Å². The minimum Gasteiger partial charge on any atom is -0.392 e. The molecule has 0 spiro atoms. The predicted molar refractivity (Wildman–Crippen MR) is 112 cm³/mol. The van der Waals surface area contributed by atoms with Gasteiger partial charge in [-0.2, -0.15) is 0 Å². The van der Waals surface area contributed by atoms with Crippen LogP contribution in [0.4, 0.5) is 10.5 Å². The van der Waals surface area contributed by atoms with Crippen molar-refractivity contribution in [2.45, 2.75) is 18.6 Å². The van der Waals surface area contributed by atoms with Crippen LogP contribution >= 0.6 is 0 Å². The second-order valence-electron chi connectivity index (χ2n) is 7.31. The van der Waals surface area contributed by atoms with Gasteiger partial charge >= 0.3 is 6.03 Å². The molecule has 3 amide bonds. The molecule has 1 aliphatic heterocycles. The van der Waals surface area contributed by atoms with Crippen molar-refractivity contribution in [3.8, 4) is 0 Å². The van der Waals surface area contributed by atoms with Crippen molar-refractivity contribution in [3.63, 3.8) is 0 Å². The van der Waals surface area contributed by atoms with Gasteiger partial charge in [0, 0.05) is 32.4 Å². The first-order valence-electron chi connectivity index (χ1n) is 9.84. The van der Waals surface area contributed by atoms with Gasteiger partial charge in [0.1, 0.15) is 0 Å². The molecular weight excluding hydrogens is 368 g/mol. The van der Waals surface area contributed by atoms with Gasteiger partial charge in [-0.3, -0.25) is 9.69 Å². The Morgan fingerprint density at radius 3 is 2.41 bits per heavy atom. The number of β-amino-alcohol motifs (C(OH)–C–C–N with tert-alkyl or cyclic N) is 1. The normalized spacial score (nSPS) is 17.5. The number of aliphatic hydroxyl groups excluding tert-OH is 1. The number of benzene rings is 2. The van der Waals surface area contributed by atoms with Gasteiger partial charge in [-0.1, -0.05) is 48.5 Å². The van der Waals surface area contributed by atoms with Crippen LogP contribution in [0.3, 0.4) is 0 Å². The van der Waals surface area contributed by atoms with Crippen molar-refractivity contribution in [2.75, 3.05) is 38.5 Å². The molecular formula is C22H28N4O3. The predicted octanol–water partition coefficient (Wildman–Crippen LogP) is 2.07. The van der Waals surface area contributed by atoms with Gasteiger partial charge in [-0.05, 0) is 24.1 Å². The second-order valence-corrected chi connectivity index (χ2v) is 7.31. The lowest BCUT2D eigenvalue weighted by Crippen LogP contribution is -2.45. The lowest BCUT2D eigenvalue weighted by atomic mass is 10.1. The van der Waals surface area contributed by atoms with E-state index in [-0.39, 0.29) is 30.6 Å². The summed E-state index contributed by atoms with van der Waals surface area (Å²) >= 11 is 0. The highest BCUT2D eigenvalue weighted by atomic mass is 16.3. The smallest absolute Gasteiger partial charge is 0.318 e. The number of para-hydroxylation sites is 1. The van der Waals surface area contributed by atoms with Crippen LogP contribution in [-0.2, 0) is 4.79 Å². The topological polar surface area (TPSA) is 84.9 Å². The Hall–Kier alpha value is -2.90. The number of likely N-dealkylation sites (tertiary alicyclic amines) is 1. The highest BCUT2D eigenvalue weighted by molar-refractivity contribution is 5.94. The summed E-state index contributed by atoms with van der Waals surface area (Å²) in [6, 6.07) is 18.4. The van der Waals surface area contributed by atoms with Crippen molar-refractivity contribution in [2.24, 2.45) is 0 Å². The summed E-state index contributed by atoms with van der Waals surface area (Å²) < 4.78 is 0. The Bertz CT molecular complexity index is 800. The van der Waals surface area contributed by atoms with Crippen LogP contribution in [0, 0.1) is 0 Å². The fourth-order valence-electron chi connectivity index (χ4n) is 3.50. The molecule has 1 saturated heterocycles. The largest absolute Gasteiger partial charge is 0.392 e. The fraction of sp³-hybridized carbons (Fsp3) is 0.364. The van der Waals surface area contributed by atoms with Crippen LogP contribution < -0.4 is 10.6 Å². The molecule has 2 aromatic rings. The SMILES string of the molecule is CN(C(=O)NCC(=O)Nc1ccccc1)[C@H](CN1CC[C@H](O)C1)c1ccccc1. The molecule has 0 aromatic heterocycles. The molecule has 0 radical (unpaired) electrons. The molecule has 0 bridgehead atoms. The first-order chi connectivity index (χ1) is 14.0. The van der Waals surface area contributed by atoms with Crippen molar-refractivity contribution in [3.05, 3.63) is 66.2 Å². The average Bonchev–Trinajstić information content (AvgIpc) is 3.16. The molecule has 7 nitrogen and oxygen atoms in total. The third-order valence-corrected chi connectivity index (χ3v) is 5.11. The molecule has 7 heteroatoms. The second kappa shape index (κ2) is 10.0. The minimum atomic E-state index is -0.318. The molecule has 2 atom stereocenters. The summed E-state index contributed by atoms with van der Waals surface area (Å²) in [5.41, 5.74) is 1.70. The Balaban J connectivity index is 1.59. The number of carbonyl (C=O) groups excluding carboxylic acids is 2. The molecule has 3 N–H and O–H groups in total. The average molecular weight is 396 g/mol. The molecule has 2 aromatic carbocycles. The van der Waals surface area contributed by atoms with E-state index < -0.39 is 0 Å². The van der Waals surface area contributed by atoms with Crippen LogP contribution in [0.2, 0.25) is 0 Å². The van der Waals surface area contributed by atoms with E-state index in [1.54, 1.807) is 24.1 Å². The van der Waals surface area contributed by atoms with E-state index in [1.165, 1.54) is 0 Å². The maximum absolute atomic E-state index is 12.7. The Labute approximate surface area is 171 Å². The number of rotatable bonds is 7. The third-order valence-electron chi connectivity index (χ3n) is 5.11. The number of likely N-dealkylation sites (N-methyl/N-ethyl adjacent to an activating group) is 1. The van der Waals surface area contributed by atoms with Crippen molar-refractivity contribution in [1.29, 1.82) is 0 Å². The lowest BCUT2D eigenvalue weighted by Gasteiger charge is -2.32. The van der Waals surface area contributed by atoms with E-state index in [1.807, 2.05) is 48.5 Å². The summed E-state index contributed by atoms with van der Waals surface area (Å²) in [6.45, 7) is 1.93. The summed E-state index contributed by atoms with van der Waals surface area (Å²) in [5.74, 6) is -0.281. The standard InChI is InChI=1S/C22H28N4O3/c1-25(22(29)23-14-21(28)24-18-10-6-3-7-11-18)20(17-8-4-2-5-9-17)16-26-13-12-19(27)15-26/h2-11,19-20,27H,12-16H2,1H3,(H,23,29)(H,24,28)/t19-,20+/m0/s1. The van der Waals surface area contributed by atoms with Crippen LogP contribution in [0.25, 0.3) is 0 Å². The molecule has 0 aliphatic carbocycles. The van der Waals surface area contributed by atoms with Crippen molar-refractivity contribution in [1.82, 2.24) is 15.1 Å². The quantitative estimate of drug-likeness (QED) is 0.669. The van der Waals surface area contributed by atoms with E-state index >= 15 is 0 Å². The fourth-order valence-corrected chi connectivity index (χ4v) is 3.50. The zero-order valence-corrected chi connectivity index (χ0v) is 16.6. The molecule has 0 saturated carbocycles. The molecule has 3 rings (SSSR count). The minimum absolute atomic E-state index is 0.109. The zero-order chi connectivity index (χ0) is 20.6. The highest BCUT2D eigenvalue weighted by Crippen LogP contribution is 2.23. The van der Waals surface area contributed by atoms with Gasteiger partial charge in [0.2, 0.25) is 5.91 Å². The van der Waals surface area contributed by atoms with E-state index in [9.17, 15) is 14.7 Å². The number of urea groups is 1. The van der Waals surface area contributed by atoms with Gasteiger partial charge in [-0.15, -0.1) is 0 Å². The molecule has 29 heavy (non-hydrogen) atoms. The number of carbonyl (C=O) groups is 2. The zero-order valence-electron chi connectivity index (χ0n) is 16.6. The Morgan fingerprint density at radius 1 is 1.14 bits per heavy atom. The Kier molecular flexibility index (Phi) is 7.21. The summed E-state index contributed by atoms with van der Waals surface area (Å²) in [6.07, 6.45) is 0.434. The van der Waals surface area contributed by atoms with E-state index in [4.69, 9.17) is 0 Å². The molecule has 1 heterocycles. The molecule has 1 fully saturated rings. The van der Waals surface area contributed by atoms with Crippen LogP contribution in [0.15, 0.2) is 60.7 Å². The first-order valence-corrected chi connectivity index (χ1v) is 9.84. The summed E-state index contributed by atoms with van der Waals surface area (Å²) in [7, 11) is 1.73. The van der Waals surface area contributed by atoms with Crippen LogP contribution in [0.1, 0.15) is 18.0 Å². The number of hydrogen-bond donors (Lipinski definition) is 3.